The van der Waals surface area contributed by atoms with Crippen LogP contribution in [0.2, 0.25) is 0 Å². The summed E-state index contributed by atoms with van der Waals surface area (Å²) in [4.78, 5) is 15.6. The van der Waals surface area contributed by atoms with Crippen LogP contribution >= 0.6 is 24.0 Å². The number of ether oxygens (including phenoxy) is 1. The van der Waals surface area contributed by atoms with E-state index in [-0.39, 0.29) is 36.4 Å². The highest BCUT2D eigenvalue weighted by atomic mass is 127. The zero-order valence-corrected chi connectivity index (χ0v) is 15.6. The predicted octanol–water partition coefficient (Wildman–Crippen LogP) is 1.04. The molecule has 7 heteroatoms. The smallest absolute Gasteiger partial charge is 0.239 e. The molecule has 6 nitrogen and oxygen atoms in total. The number of hydrogen-bond donors (Lipinski definition) is 3. The molecule has 0 aliphatic carbocycles. The quantitative estimate of drug-likeness (QED) is 0.267. The number of methoxy groups -OCH3 is 1. The predicted molar refractivity (Wildman–Crippen MR) is 99.7 cm³/mol. The van der Waals surface area contributed by atoms with Gasteiger partial charge in [0.2, 0.25) is 5.91 Å². The Morgan fingerprint density at radius 1 is 1.18 bits per heavy atom. The molecule has 0 atom stereocenters. The summed E-state index contributed by atoms with van der Waals surface area (Å²) in [5, 5.41) is 8.86. The molecule has 1 rings (SSSR count). The number of carbonyl (C=O) groups is 1. The third-order valence-electron chi connectivity index (χ3n) is 2.85. The highest BCUT2D eigenvalue weighted by molar-refractivity contribution is 14.0. The van der Waals surface area contributed by atoms with E-state index >= 15 is 0 Å². The van der Waals surface area contributed by atoms with E-state index in [1.54, 1.807) is 14.2 Å². The van der Waals surface area contributed by atoms with E-state index in [1.807, 2.05) is 0 Å². The van der Waals surface area contributed by atoms with Crippen molar-refractivity contribution >= 4 is 35.8 Å². The summed E-state index contributed by atoms with van der Waals surface area (Å²) in [6.45, 7) is 3.90. The Morgan fingerprint density at radius 2 is 1.86 bits per heavy atom. The van der Waals surface area contributed by atoms with Crippen molar-refractivity contribution in [2.75, 3.05) is 33.9 Å². The van der Waals surface area contributed by atoms with Gasteiger partial charge in [0, 0.05) is 27.2 Å². The van der Waals surface area contributed by atoms with E-state index in [0.29, 0.717) is 25.7 Å². The first-order valence-electron chi connectivity index (χ1n) is 6.91. The Morgan fingerprint density at radius 3 is 2.45 bits per heavy atom. The van der Waals surface area contributed by atoms with Crippen molar-refractivity contribution < 1.29 is 9.53 Å². The van der Waals surface area contributed by atoms with Crippen LogP contribution in [-0.4, -0.2) is 45.7 Å². The Hall–Kier alpha value is -1.35. The molecule has 22 heavy (non-hydrogen) atoms. The lowest BCUT2D eigenvalue weighted by atomic mass is 10.1. The zero-order valence-electron chi connectivity index (χ0n) is 13.3. The minimum atomic E-state index is -0.0923. The third kappa shape index (κ3) is 8.83. The lowest BCUT2D eigenvalue weighted by molar-refractivity contribution is -0.120. The molecule has 124 valence electrons. The fourth-order valence-corrected chi connectivity index (χ4v) is 1.63. The first-order valence-corrected chi connectivity index (χ1v) is 6.91. The molecule has 0 unspecified atom stereocenters. The largest absolute Gasteiger partial charge is 0.383 e. The van der Waals surface area contributed by atoms with Gasteiger partial charge in [-0.1, -0.05) is 29.8 Å². The number of guanidine groups is 1. The molecule has 0 fully saturated rings. The monoisotopic (exact) mass is 420 g/mol. The molecule has 0 spiro atoms. The van der Waals surface area contributed by atoms with Crippen LogP contribution in [0.3, 0.4) is 0 Å². The fourth-order valence-electron chi connectivity index (χ4n) is 1.63. The number of nitrogens with zero attached hydrogens (tertiary/aromatic N) is 1. The highest BCUT2D eigenvalue weighted by Gasteiger charge is 2.03. The minimum absolute atomic E-state index is 0. The summed E-state index contributed by atoms with van der Waals surface area (Å²) >= 11 is 0. The van der Waals surface area contributed by atoms with Gasteiger partial charge in [-0.15, -0.1) is 24.0 Å². The van der Waals surface area contributed by atoms with Crippen molar-refractivity contribution in [3.05, 3.63) is 35.4 Å². The van der Waals surface area contributed by atoms with Crippen molar-refractivity contribution in [3.8, 4) is 0 Å². The number of nitrogens with one attached hydrogen (secondary N) is 3. The first-order chi connectivity index (χ1) is 10.2. The van der Waals surface area contributed by atoms with Gasteiger partial charge in [0.1, 0.15) is 0 Å². The average Bonchev–Trinajstić information content (AvgIpc) is 2.49. The van der Waals surface area contributed by atoms with Gasteiger partial charge in [-0.25, -0.2) is 0 Å². The Labute approximate surface area is 149 Å². The van der Waals surface area contributed by atoms with Gasteiger partial charge in [0.05, 0.1) is 13.2 Å². The number of carbonyl (C=O) groups excluding carboxylic acids is 1. The number of aliphatic imine (C=N–C) groups is 1. The Kier molecular flexibility index (Phi) is 11.5. The van der Waals surface area contributed by atoms with Crippen molar-refractivity contribution in [1.82, 2.24) is 16.0 Å². The molecule has 0 aromatic heterocycles. The van der Waals surface area contributed by atoms with Crippen LogP contribution in [-0.2, 0) is 16.1 Å². The number of benzene rings is 1. The van der Waals surface area contributed by atoms with Gasteiger partial charge in [-0.2, -0.15) is 0 Å². The molecule has 0 heterocycles. The van der Waals surface area contributed by atoms with Gasteiger partial charge in [0.15, 0.2) is 5.96 Å². The van der Waals surface area contributed by atoms with E-state index < -0.39 is 0 Å². The van der Waals surface area contributed by atoms with Gasteiger partial charge in [-0.05, 0) is 12.5 Å². The molecule has 0 radical (unpaired) electrons. The number of aryl methyl sites for hydroxylation is 1. The van der Waals surface area contributed by atoms with Gasteiger partial charge < -0.3 is 20.7 Å². The van der Waals surface area contributed by atoms with E-state index in [4.69, 9.17) is 4.74 Å². The van der Waals surface area contributed by atoms with Crippen LogP contribution < -0.4 is 16.0 Å². The third-order valence-corrected chi connectivity index (χ3v) is 2.85. The normalized spacial score (nSPS) is 10.6. The van der Waals surface area contributed by atoms with Crippen LogP contribution in [0.25, 0.3) is 0 Å². The summed E-state index contributed by atoms with van der Waals surface area (Å²) in [6.07, 6.45) is 0. The van der Waals surface area contributed by atoms with Gasteiger partial charge in [-0.3, -0.25) is 9.79 Å². The van der Waals surface area contributed by atoms with E-state index in [9.17, 15) is 4.79 Å². The Bertz CT molecular complexity index is 463. The first kappa shape index (κ1) is 20.6. The van der Waals surface area contributed by atoms with Gasteiger partial charge >= 0.3 is 0 Å². The maximum Gasteiger partial charge on any atom is 0.239 e. The summed E-state index contributed by atoms with van der Waals surface area (Å²) < 4.78 is 4.86. The van der Waals surface area contributed by atoms with Crippen LogP contribution in [0.15, 0.2) is 29.3 Å². The number of halogens is 1. The van der Waals surface area contributed by atoms with Crippen molar-refractivity contribution in [1.29, 1.82) is 0 Å². The van der Waals surface area contributed by atoms with Crippen molar-refractivity contribution in [2.45, 2.75) is 13.5 Å². The van der Waals surface area contributed by atoms with Crippen molar-refractivity contribution in [3.63, 3.8) is 0 Å². The second kappa shape index (κ2) is 12.2. The molecule has 3 N–H and O–H groups in total. The van der Waals surface area contributed by atoms with Crippen LogP contribution in [0.4, 0.5) is 0 Å². The number of hydrogen-bond acceptors (Lipinski definition) is 3. The highest BCUT2D eigenvalue weighted by Crippen LogP contribution is 2.02. The molecule has 1 aromatic carbocycles. The van der Waals surface area contributed by atoms with Gasteiger partial charge in [0.25, 0.3) is 0 Å². The molecule has 0 saturated heterocycles. The second-order valence-corrected chi connectivity index (χ2v) is 4.61. The minimum Gasteiger partial charge on any atom is -0.383 e. The van der Waals surface area contributed by atoms with Crippen LogP contribution in [0.1, 0.15) is 11.1 Å². The molecule has 0 saturated carbocycles. The molecule has 0 aliphatic rings. The summed E-state index contributed by atoms with van der Waals surface area (Å²) in [5.41, 5.74) is 2.39. The SMILES string of the molecule is CN=C(NCC(=O)NCCOC)NCc1ccc(C)cc1.I. The fraction of sp³-hybridized carbons (Fsp3) is 0.467. The number of rotatable bonds is 7. The molecule has 1 aromatic rings. The molecular weight excluding hydrogens is 395 g/mol. The maximum absolute atomic E-state index is 11.5. The number of amides is 1. The lowest BCUT2D eigenvalue weighted by Crippen LogP contribution is -2.43. The van der Waals surface area contributed by atoms with Crippen LogP contribution in [0, 0.1) is 6.92 Å². The molecule has 1 amide bonds. The molecule has 0 aliphatic heterocycles. The van der Waals surface area contributed by atoms with E-state index in [1.165, 1.54) is 5.56 Å². The van der Waals surface area contributed by atoms with E-state index in [0.717, 1.165) is 5.56 Å². The van der Waals surface area contributed by atoms with E-state index in [2.05, 4.69) is 52.1 Å². The van der Waals surface area contributed by atoms with Crippen molar-refractivity contribution in [2.24, 2.45) is 4.99 Å². The second-order valence-electron chi connectivity index (χ2n) is 4.61. The molecule has 0 bridgehead atoms. The maximum atomic E-state index is 11.5. The lowest BCUT2D eigenvalue weighted by Gasteiger charge is -2.12. The van der Waals surface area contributed by atoms with Crippen LogP contribution in [0.5, 0.6) is 0 Å². The Balaban J connectivity index is 0.00000441. The average molecular weight is 420 g/mol. The summed E-state index contributed by atoms with van der Waals surface area (Å²) in [7, 11) is 3.27. The summed E-state index contributed by atoms with van der Waals surface area (Å²) in [6, 6.07) is 8.26. The zero-order chi connectivity index (χ0) is 15.5. The summed E-state index contributed by atoms with van der Waals surface area (Å²) in [5.74, 6) is 0.503. The topological polar surface area (TPSA) is 74.8 Å². The molecular formula is C15H25IN4O2. The standard InChI is InChI=1S/C15H24N4O2.HI/c1-12-4-6-13(7-5-12)10-18-15(16-2)19-11-14(20)17-8-9-21-3;/h4-7H,8-11H2,1-3H3,(H,17,20)(H2,16,18,19);1H.